The number of hydrogen-bond donors (Lipinski definition) is 1. The molecule has 0 spiro atoms. The van der Waals surface area contributed by atoms with Crippen LogP contribution in [0.25, 0.3) is 0 Å². The van der Waals surface area contributed by atoms with Gasteiger partial charge < -0.3 is 23.9 Å². The van der Waals surface area contributed by atoms with Crippen molar-refractivity contribution in [1.82, 2.24) is 10.2 Å². The van der Waals surface area contributed by atoms with Crippen molar-refractivity contribution in [3.05, 3.63) is 47.4 Å². The molecule has 1 atom stereocenters. The molecular weight excluding hydrogens is 348 g/mol. The molecule has 0 bridgehead atoms. The van der Waals surface area contributed by atoms with E-state index in [9.17, 15) is 4.79 Å². The number of morpholine rings is 1. The van der Waals surface area contributed by atoms with Crippen LogP contribution < -0.4 is 14.8 Å². The van der Waals surface area contributed by atoms with Crippen LogP contribution in [0.5, 0.6) is 11.5 Å². The number of hydrogen-bond acceptors (Lipinski definition) is 6. The first-order valence-electron chi connectivity index (χ1n) is 9.01. The number of carbonyl (C=O) groups excluding carboxylic acids is 1. The van der Waals surface area contributed by atoms with Crippen LogP contribution in [0.15, 0.2) is 34.9 Å². The van der Waals surface area contributed by atoms with E-state index in [0.717, 1.165) is 37.6 Å². The lowest BCUT2D eigenvalue weighted by Crippen LogP contribution is -2.35. The van der Waals surface area contributed by atoms with Crippen molar-refractivity contribution in [2.24, 2.45) is 0 Å². The van der Waals surface area contributed by atoms with Crippen molar-refractivity contribution in [3.8, 4) is 11.5 Å². The van der Waals surface area contributed by atoms with Gasteiger partial charge in [0.2, 0.25) is 0 Å². The Labute approximate surface area is 159 Å². The minimum Gasteiger partial charge on any atom is -0.497 e. The second-order valence-corrected chi connectivity index (χ2v) is 6.49. The van der Waals surface area contributed by atoms with Crippen LogP contribution >= 0.6 is 0 Å². The summed E-state index contributed by atoms with van der Waals surface area (Å²) in [5.74, 6) is 1.99. The predicted octanol–water partition coefficient (Wildman–Crippen LogP) is 2.62. The summed E-state index contributed by atoms with van der Waals surface area (Å²) in [5, 5.41) is 2.99. The third-order valence-corrected chi connectivity index (χ3v) is 4.65. The first kappa shape index (κ1) is 19.3. The number of carbonyl (C=O) groups is 1. The van der Waals surface area contributed by atoms with E-state index >= 15 is 0 Å². The van der Waals surface area contributed by atoms with Crippen molar-refractivity contribution in [1.29, 1.82) is 0 Å². The molecule has 27 heavy (non-hydrogen) atoms. The molecule has 2 heterocycles. The molecule has 1 aromatic heterocycles. The summed E-state index contributed by atoms with van der Waals surface area (Å²) in [6.07, 6.45) is 1.50. The number of rotatable bonds is 7. The van der Waals surface area contributed by atoms with Crippen LogP contribution in [0.4, 0.5) is 0 Å². The molecule has 7 heteroatoms. The highest BCUT2D eigenvalue weighted by atomic mass is 16.5. The third kappa shape index (κ3) is 4.81. The molecule has 0 aliphatic carbocycles. The van der Waals surface area contributed by atoms with Gasteiger partial charge >= 0.3 is 0 Å². The molecule has 1 amide bonds. The fraction of sp³-hybridized carbons (Fsp3) is 0.450. The van der Waals surface area contributed by atoms with Gasteiger partial charge in [-0.25, -0.2) is 0 Å². The monoisotopic (exact) mass is 374 g/mol. The maximum atomic E-state index is 12.6. The van der Waals surface area contributed by atoms with E-state index < -0.39 is 0 Å². The minimum atomic E-state index is -0.250. The van der Waals surface area contributed by atoms with Gasteiger partial charge in [-0.05, 0) is 31.2 Å². The first-order valence-corrected chi connectivity index (χ1v) is 9.01. The SMILES string of the molecule is COc1ccc(OC)c([C@@H](C)NC(=O)c2coc(CN3CCOCC3)c2)c1. The van der Waals surface area contributed by atoms with Gasteiger partial charge in [-0.1, -0.05) is 0 Å². The van der Waals surface area contributed by atoms with Crippen LogP contribution in [0.3, 0.4) is 0 Å². The number of furan rings is 1. The average Bonchev–Trinajstić information content (AvgIpc) is 3.16. The van der Waals surface area contributed by atoms with Gasteiger partial charge in [0.05, 0.1) is 45.6 Å². The number of benzene rings is 1. The van der Waals surface area contributed by atoms with E-state index in [0.29, 0.717) is 23.6 Å². The molecule has 1 aromatic carbocycles. The molecule has 2 aromatic rings. The summed E-state index contributed by atoms with van der Waals surface area (Å²) in [6.45, 7) is 5.78. The van der Waals surface area contributed by atoms with Crippen molar-refractivity contribution in [2.75, 3.05) is 40.5 Å². The minimum absolute atomic E-state index is 0.190. The maximum absolute atomic E-state index is 12.6. The lowest BCUT2D eigenvalue weighted by Gasteiger charge is -2.25. The number of methoxy groups -OCH3 is 2. The fourth-order valence-corrected chi connectivity index (χ4v) is 3.10. The zero-order chi connectivity index (χ0) is 19.2. The summed E-state index contributed by atoms with van der Waals surface area (Å²) >= 11 is 0. The molecule has 1 N–H and O–H groups in total. The molecule has 1 fully saturated rings. The molecule has 7 nitrogen and oxygen atoms in total. The zero-order valence-corrected chi connectivity index (χ0v) is 16.0. The normalized spacial score (nSPS) is 16.0. The van der Waals surface area contributed by atoms with Gasteiger partial charge in [0, 0.05) is 18.7 Å². The number of nitrogens with zero attached hydrogens (tertiary/aromatic N) is 1. The van der Waals surface area contributed by atoms with Gasteiger partial charge in [-0.2, -0.15) is 0 Å². The van der Waals surface area contributed by atoms with E-state index in [4.69, 9.17) is 18.6 Å². The molecule has 0 radical (unpaired) electrons. The predicted molar refractivity (Wildman–Crippen MR) is 100 cm³/mol. The smallest absolute Gasteiger partial charge is 0.255 e. The molecule has 146 valence electrons. The van der Waals surface area contributed by atoms with Gasteiger partial charge in [0.15, 0.2) is 0 Å². The van der Waals surface area contributed by atoms with Gasteiger partial charge in [-0.3, -0.25) is 9.69 Å². The first-order chi connectivity index (χ1) is 13.1. The number of nitrogens with one attached hydrogen (secondary N) is 1. The molecule has 1 aliphatic heterocycles. The second-order valence-electron chi connectivity index (χ2n) is 6.49. The Morgan fingerprint density at radius 1 is 1.22 bits per heavy atom. The van der Waals surface area contributed by atoms with E-state index in [1.54, 1.807) is 20.3 Å². The van der Waals surface area contributed by atoms with Gasteiger partial charge in [-0.15, -0.1) is 0 Å². The Morgan fingerprint density at radius 2 is 2.00 bits per heavy atom. The second kappa shape index (κ2) is 8.92. The molecule has 3 rings (SSSR count). The number of ether oxygens (including phenoxy) is 3. The topological polar surface area (TPSA) is 73.2 Å². The largest absolute Gasteiger partial charge is 0.497 e. The van der Waals surface area contributed by atoms with Crippen LogP contribution in [0.2, 0.25) is 0 Å². The van der Waals surface area contributed by atoms with Gasteiger partial charge in [0.25, 0.3) is 5.91 Å². The lowest BCUT2D eigenvalue weighted by molar-refractivity contribution is 0.0313. The third-order valence-electron chi connectivity index (χ3n) is 4.65. The number of amides is 1. The summed E-state index contributed by atoms with van der Waals surface area (Å²) in [4.78, 5) is 14.9. The molecule has 0 saturated carbocycles. The molecular formula is C20H26N2O5. The van der Waals surface area contributed by atoms with Crippen molar-refractivity contribution >= 4 is 5.91 Å². The lowest BCUT2D eigenvalue weighted by atomic mass is 10.1. The van der Waals surface area contributed by atoms with Crippen molar-refractivity contribution < 1.29 is 23.4 Å². The van der Waals surface area contributed by atoms with Crippen LogP contribution in [0.1, 0.15) is 34.6 Å². The van der Waals surface area contributed by atoms with E-state index in [2.05, 4.69) is 10.2 Å². The highest BCUT2D eigenvalue weighted by Crippen LogP contribution is 2.29. The molecule has 1 aliphatic rings. The van der Waals surface area contributed by atoms with Crippen molar-refractivity contribution in [3.63, 3.8) is 0 Å². The summed E-state index contributed by atoms with van der Waals surface area (Å²) < 4.78 is 21.6. The zero-order valence-electron chi connectivity index (χ0n) is 16.0. The van der Waals surface area contributed by atoms with E-state index in [-0.39, 0.29) is 11.9 Å². The van der Waals surface area contributed by atoms with E-state index in [1.165, 1.54) is 6.26 Å². The Bertz CT molecular complexity index is 767. The Kier molecular flexibility index (Phi) is 6.36. The molecule has 0 unspecified atom stereocenters. The van der Waals surface area contributed by atoms with Gasteiger partial charge in [0.1, 0.15) is 23.5 Å². The Morgan fingerprint density at radius 3 is 2.70 bits per heavy atom. The van der Waals surface area contributed by atoms with Crippen LogP contribution in [0, 0.1) is 0 Å². The standard InChI is InChI=1S/C20H26N2O5/c1-14(18-11-16(24-2)4-5-19(18)25-3)21-20(23)15-10-17(27-13-15)12-22-6-8-26-9-7-22/h4-5,10-11,13-14H,6-9,12H2,1-3H3,(H,21,23)/t14-/m1/s1. The summed E-state index contributed by atoms with van der Waals surface area (Å²) in [6, 6.07) is 7.06. The summed E-state index contributed by atoms with van der Waals surface area (Å²) in [7, 11) is 3.21. The molecule has 1 saturated heterocycles. The Balaban J connectivity index is 1.65. The summed E-state index contributed by atoms with van der Waals surface area (Å²) in [5.41, 5.74) is 1.36. The Hall–Kier alpha value is -2.51. The maximum Gasteiger partial charge on any atom is 0.255 e. The fourth-order valence-electron chi connectivity index (χ4n) is 3.10. The highest BCUT2D eigenvalue weighted by Gasteiger charge is 2.19. The average molecular weight is 374 g/mol. The van der Waals surface area contributed by atoms with Crippen LogP contribution in [-0.4, -0.2) is 51.3 Å². The van der Waals surface area contributed by atoms with E-state index in [1.807, 2.05) is 25.1 Å². The quantitative estimate of drug-likeness (QED) is 0.803. The van der Waals surface area contributed by atoms with Crippen molar-refractivity contribution in [2.45, 2.75) is 19.5 Å². The van der Waals surface area contributed by atoms with Crippen LogP contribution in [-0.2, 0) is 11.3 Å². The highest BCUT2D eigenvalue weighted by molar-refractivity contribution is 5.94.